The van der Waals surface area contributed by atoms with Crippen molar-refractivity contribution in [2.75, 3.05) is 0 Å². The van der Waals surface area contributed by atoms with Crippen LogP contribution in [0.3, 0.4) is 0 Å². The molecule has 1 unspecified atom stereocenters. The molecule has 0 radical (unpaired) electrons. The van der Waals surface area contributed by atoms with Gasteiger partial charge in [-0.1, -0.05) is 74.9 Å². The van der Waals surface area contributed by atoms with Gasteiger partial charge < -0.3 is 9.84 Å². The minimum absolute atomic E-state index is 0.321. The van der Waals surface area contributed by atoms with Crippen LogP contribution < -0.4 is 4.74 Å². The Morgan fingerprint density at radius 2 is 1.67 bits per heavy atom. The molecule has 0 amide bonds. The maximum Gasteiger partial charge on any atom is 0.119 e. The zero-order chi connectivity index (χ0) is 19.2. The van der Waals surface area contributed by atoms with Gasteiger partial charge in [0.15, 0.2) is 0 Å². The van der Waals surface area contributed by atoms with Crippen LogP contribution in [-0.4, -0.2) is 5.11 Å². The van der Waals surface area contributed by atoms with Crippen LogP contribution in [0.5, 0.6) is 5.75 Å². The summed E-state index contributed by atoms with van der Waals surface area (Å²) in [5, 5.41) is 9.60. The lowest BCUT2D eigenvalue weighted by Gasteiger charge is -2.24. The maximum atomic E-state index is 9.60. The summed E-state index contributed by atoms with van der Waals surface area (Å²) >= 11 is 0. The molecular weight excluding hydrogens is 332 g/mol. The quantitative estimate of drug-likeness (QED) is 0.619. The fourth-order valence-corrected chi connectivity index (χ4v) is 3.67. The Morgan fingerprint density at radius 1 is 0.963 bits per heavy atom. The number of aliphatic hydroxyl groups is 1. The smallest absolute Gasteiger partial charge is 0.119 e. The van der Waals surface area contributed by atoms with Gasteiger partial charge in [-0.25, -0.2) is 0 Å². The topological polar surface area (TPSA) is 29.5 Å². The number of aliphatic hydroxyl groups excluding tert-OH is 1. The Labute approximate surface area is 162 Å². The van der Waals surface area contributed by atoms with Gasteiger partial charge in [-0.3, -0.25) is 0 Å². The van der Waals surface area contributed by atoms with E-state index in [0.29, 0.717) is 24.2 Å². The molecule has 0 saturated heterocycles. The molecule has 3 rings (SSSR count). The second-order valence-electron chi connectivity index (χ2n) is 7.37. The van der Waals surface area contributed by atoms with Gasteiger partial charge >= 0.3 is 0 Å². The predicted octanol–water partition coefficient (Wildman–Crippen LogP) is 6.72. The van der Waals surface area contributed by atoms with E-state index in [2.05, 4.69) is 63.2 Å². The molecule has 2 aromatic rings. The molecule has 140 valence electrons. The van der Waals surface area contributed by atoms with E-state index in [0.717, 1.165) is 12.2 Å². The van der Waals surface area contributed by atoms with Crippen LogP contribution in [0, 0.1) is 5.92 Å². The summed E-state index contributed by atoms with van der Waals surface area (Å²) in [7, 11) is 0. The van der Waals surface area contributed by atoms with Gasteiger partial charge in [0.1, 0.15) is 18.1 Å². The molecule has 0 heterocycles. The minimum atomic E-state index is 0.321. The average Bonchev–Trinajstić information content (AvgIpc) is 2.69. The second-order valence-corrected chi connectivity index (χ2v) is 7.37. The van der Waals surface area contributed by atoms with Crippen molar-refractivity contribution in [2.24, 2.45) is 5.92 Å². The second kappa shape index (κ2) is 8.77. The van der Waals surface area contributed by atoms with Crippen LogP contribution >= 0.6 is 0 Å². The van der Waals surface area contributed by atoms with Crippen molar-refractivity contribution in [3.63, 3.8) is 0 Å². The van der Waals surface area contributed by atoms with Crippen molar-refractivity contribution in [2.45, 2.75) is 39.7 Å². The summed E-state index contributed by atoms with van der Waals surface area (Å²) in [6, 6.07) is 18.6. The Hall–Kier alpha value is -2.74. The van der Waals surface area contributed by atoms with Gasteiger partial charge in [0.05, 0.1) is 0 Å². The van der Waals surface area contributed by atoms with Crippen molar-refractivity contribution in [3.05, 3.63) is 101 Å². The van der Waals surface area contributed by atoms with Crippen LogP contribution in [0.25, 0.3) is 0 Å². The van der Waals surface area contributed by atoms with Gasteiger partial charge in [0.2, 0.25) is 0 Å². The summed E-state index contributed by atoms with van der Waals surface area (Å²) in [4.78, 5) is 0. The zero-order valence-electron chi connectivity index (χ0n) is 16.4. The highest BCUT2D eigenvalue weighted by molar-refractivity contribution is 5.42. The standard InChI is InChI=1S/C25H28O2/c1-18(2)25(22-9-13-23(26)14-10-22)19(3)21-11-15-24(16-12-21)27-17-20-7-5-4-6-8-20/h4-9,11-16,18-19,26H,10,17H2,1-3H3. The third-order valence-corrected chi connectivity index (χ3v) is 5.07. The number of benzene rings is 2. The molecular formula is C25H28O2. The lowest BCUT2D eigenvalue weighted by Crippen LogP contribution is -2.08. The number of allylic oxidation sites excluding steroid dienone is 5. The number of ether oxygens (including phenoxy) is 1. The highest BCUT2D eigenvalue weighted by Crippen LogP contribution is 2.35. The van der Waals surface area contributed by atoms with E-state index in [9.17, 15) is 5.11 Å². The lowest BCUT2D eigenvalue weighted by atomic mass is 9.81. The average molecular weight is 360 g/mol. The van der Waals surface area contributed by atoms with Gasteiger partial charge in [0, 0.05) is 5.92 Å². The third kappa shape index (κ3) is 4.91. The fourth-order valence-electron chi connectivity index (χ4n) is 3.67. The largest absolute Gasteiger partial charge is 0.508 e. The van der Waals surface area contributed by atoms with Gasteiger partial charge in [0.25, 0.3) is 0 Å². The number of rotatable bonds is 6. The number of hydrogen-bond acceptors (Lipinski definition) is 2. The zero-order valence-corrected chi connectivity index (χ0v) is 16.4. The summed E-state index contributed by atoms with van der Waals surface area (Å²) < 4.78 is 5.90. The molecule has 0 spiro atoms. The van der Waals surface area contributed by atoms with Crippen molar-refractivity contribution in [1.82, 2.24) is 0 Å². The summed E-state index contributed by atoms with van der Waals surface area (Å²) in [5.74, 6) is 2.01. The van der Waals surface area contributed by atoms with Crippen molar-refractivity contribution in [1.29, 1.82) is 0 Å². The first-order valence-electron chi connectivity index (χ1n) is 9.61. The van der Waals surface area contributed by atoms with E-state index in [-0.39, 0.29) is 0 Å². The van der Waals surface area contributed by atoms with Gasteiger partial charge in [-0.15, -0.1) is 0 Å². The van der Waals surface area contributed by atoms with Gasteiger partial charge in [-0.05, 0) is 53.3 Å². The Balaban J connectivity index is 1.73. The molecule has 1 aliphatic rings. The highest BCUT2D eigenvalue weighted by Gasteiger charge is 2.19. The van der Waals surface area contributed by atoms with E-state index in [4.69, 9.17) is 4.74 Å². The van der Waals surface area contributed by atoms with Gasteiger partial charge in [-0.2, -0.15) is 0 Å². The minimum Gasteiger partial charge on any atom is -0.508 e. The first-order chi connectivity index (χ1) is 13.0. The van der Waals surface area contributed by atoms with Crippen molar-refractivity contribution >= 4 is 0 Å². The Bertz CT molecular complexity index is 840. The molecule has 1 aliphatic carbocycles. The van der Waals surface area contributed by atoms with Crippen molar-refractivity contribution < 1.29 is 9.84 Å². The maximum absolute atomic E-state index is 9.60. The van der Waals surface area contributed by atoms with E-state index in [1.807, 2.05) is 24.3 Å². The monoisotopic (exact) mass is 360 g/mol. The van der Waals surface area contributed by atoms with Crippen LogP contribution in [0.4, 0.5) is 0 Å². The summed E-state index contributed by atoms with van der Waals surface area (Å²) in [6.07, 6.45) is 6.51. The molecule has 2 nitrogen and oxygen atoms in total. The molecule has 0 bridgehead atoms. The van der Waals surface area contributed by atoms with Crippen LogP contribution in [0.2, 0.25) is 0 Å². The fraction of sp³-hybridized carbons (Fsp3) is 0.280. The molecule has 0 aromatic heterocycles. The summed E-state index contributed by atoms with van der Waals surface area (Å²) in [5.41, 5.74) is 5.18. The van der Waals surface area contributed by atoms with E-state index in [1.165, 1.54) is 22.3 Å². The molecule has 0 fully saturated rings. The lowest BCUT2D eigenvalue weighted by molar-refractivity contribution is 0.306. The molecule has 1 atom stereocenters. The molecule has 1 N–H and O–H groups in total. The molecule has 2 heteroatoms. The van der Waals surface area contributed by atoms with Crippen LogP contribution in [-0.2, 0) is 6.61 Å². The van der Waals surface area contributed by atoms with E-state index < -0.39 is 0 Å². The normalized spacial score (nSPS) is 16.8. The van der Waals surface area contributed by atoms with Crippen LogP contribution in [0.1, 0.15) is 44.2 Å². The van der Waals surface area contributed by atoms with E-state index >= 15 is 0 Å². The molecule has 0 saturated carbocycles. The molecule has 27 heavy (non-hydrogen) atoms. The first-order valence-corrected chi connectivity index (χ1v) is 9.61. The SMILES string of the molecule is CC(C)C(=C1C=CC(O)=CC1)C(C)c1ccc(OCc2ccccc2)cc1. The Kier molecular flexibility index (Phi) is 6.18. The van der Waals surface area contributed by atoms with Crippen LogP contribution in [0.15, 0.2) is 89.7 Å². The molecule has 0 aliphatic heterocycles. The highest BCUT2D eigenvalue weighted by atomic mass is 16.5. The molecule has 2 aromatic carbocycles. The number of hydrogen-bond donors (Lipinski definition) is 1. The summed E-state index contributed by atoms with van der Waals surface area (Å²) in [6.45, 7) is 7.32. The Morgan fingerprint density at radius 3 is 2.26 bits per heavy atom. The van der Waals surface area contributed by atoms with E-state index in [1.54, 1.807) is 6.08 Å². The predicted molar refractivity (Wildman–Crippen MR) is 112 cm³/mol. The van der Waals surface area contributed by atoms with Crippen molar-refractivity contribution in [3.8, 4) is 5.75 Å². The third-order valence-electron chi connectivity index (χ3n) is 5.07. The first kappa shape index (κ1) is 19.0.